The Labute approximate surface area is 188 Å². The molecule has 0 heterocycles. The molecular formula is C24H20F2N2O5. The summed E-state index contributed by atoms with van der Waals surface area (Å²) in [6.45, 7) is -4.17. The second kappa shape index (κ2) is 11.4. The normalized spacial score (nSPS) is 10.4. The number of nitrogens with one attached hydrogen (secondary N) is 2. The van der Waals surface area contributed by atoms with E-state index in [1.807, 2.05) is 30.3 Å². The Morgan fingerprint density at radius 3 is 2.15 bits per heavy atom. The van der Waals surface area contributed by atoms with E-state index in [1.165, 1.54) is 24.3 Å². The van der Waals surface area contributed by atoms with Gasteiger partial charge in [0.2, 0.25) is 0 Å². The van der Waals surface area contributed by atoms with Gasteiger partial charge in [0.15, 0.2) is 6.61 Å². The van der Waals surface area contributed by atoms with Crippen LogP contribution in [0.5, 0.6) is 5.75 Å². The van der Waals surface area contributed by atoms with Crippen LogP contribution >= 0.6 is 0 Å². The van der Waals surface area contributed by atoms with Crippen LogP contribution < -0.4 is 15.4 Å². The molecule has 3 aromatic rings. The zero-order valence-corrected chi connectivity index (χ0v) is 17.3. The standard InChI is InChI=1S/C24H20F2N2O5/c25-24(26)33-20-9-5-4-8-19(20)28-21(29)15-32-22(30)14-27-23(31)18-12-10-17(11-13-18)16-6-2-1-3-7-16/h1-13,24H,14-15H2,(H,27,31)(H,28,29). The number of amides is 2. The Balaban J connectivity index is 1.44. The highest BCUT2D eigenvalue weighted by Crippen LogP contribution is 2.25. The van der Waals surface area contributed by atoms with Crippen molar-refractivity contribution in [2.75, 3.05) is 18.5 Å². The van der Waals surface area contributed by atoms with Crippen LogP contribution in [0, 0.1) is 0 Å². The third-order valence-electron chi connectivity index (χ3n) is 4.39. The molecule has 3 aromatic carbocycles. The van der Waals surface area contributed by atoms with Crippen LogP contribution in [0.4, 0.5) is 14.5 Å². The van der Waals surface area contributed by atoms with E-state index in [9.17, 15) is 23.2 Å². The summed E-state index contributed by atoms with van der Waals surface area (Å²) in [7, 11) is 0. The largest absolute Gasteiger partial charge is 0.454 e. The van der Waals surface area contributed by atoms with Crippen LogP contribution in [-0.4, -0.2) is 37.5 Å². The van der Waals surface area contributed by atoms with Crippen molar-refractivity contribution in [1.29, 1.82) is 0 Å². The smallest absolute Gasteiger partial charge is 0.387 e. The number of hydrogen-bond donors (Lipinski definition) is 2. The molecule has 170 valence electrons. The van der Waals surface area contributed by atoms with Gasteiger partial charge in [-0.15, -0.1) is 0 Å². The van der Waals surface area contributed by atoms with Gasteiger partial charge in [-0.25, -0.2) is 0 Å². The van der Waals surface area contributed by atoms with Crippen LogP contribution in [0.1, 0.15) is 10.4 Å². The summed E-state index contributed by atoms with van der Waals surface area (Å²) in [6, 6.07) is 22.1. The van der Waals surface area contributed by atoms with Crippen molar-refractivity contribution in [3.05, 3.63) is 84.4 Å². The first kappa shape index (κ1) is 23.4. The lowest BCUT2D eigenvalue weighted by molar-refractivity contribution is -0.146. The van der Waals surface area contributed by atoms with Gasteiger partial charge in [-0.3, -0.25) is 14.4 Å². The van der Waals surface area contributed by atoms with Crippen LogP contribution in [0.15, 0.2) is 78.9 Å². The molecule has 0 saturated heterocycles. The Morgan fingerprint density at radius 2 is 1.45 bits per heavy atom. The van der Waals surface area contributed by atoms with Crippen molar-refractivity contribution in [2.24, 2.45) is 0 Å². The summed E-state index contributed by atoms with van der Waals surface area (Å²) in [5, 5.41) is 4.73. The average molecular weight is 454 g/mol. The number of hydrogen-bond acceptors (Lipinski definition) is 5. The number of benzene rings is 3. The predicted octanol–water partition coefficient (Wildman–Crippen LogP) is 3.87. The second-order valence-corrected chi connectivity index (χ2v) is 6.71. The monoisotopic (exact) mass is 454 g/mol. The maximum absolute atomic E-state index is 12.4. The Bertz CT molecular complexity index is 1110. The van der Waals surface area contributed by atoms with E-state index in [2.05, 4.69) is 15.4 Å². The first-order valence-electron chi connectivity index (χ1n) is 9.85. The van der Waals surface area contributed by atoms with Gasteiger partial charge in [0.1, 0.15) is 12.3 Å². The maximum Gasteiger partial charge on any atom is 0.387 e. The lowest BCUT2D eigenvalue weighted by Gasteiger charge is -2.12. The molecule has 0 saturated carbocycles. The predicted molar refractivity (Wildman–Crippen MR) is 117 cm³/mol. The molecule has 0 spiro atoms. The first-order valence-corrected chi connectivity index (χ1v) is 9.85. The quantitative estimate of drug-likeness (QED) is 0.479. The van der Waals surface area contributed by atoms with Crippen molar-refractivity contribution < 1.29 is 32.6 Å². The van der Waals surface area contributed by atoms with Gasteiger partial charge >= 0.3 is 12.6 Å². The lowest BCUT2D eigenvalue weighted by atomic mass is 10.0. The van der Waals surface area contributed by atoms with Crippen molar-refractivity contribution in [3.63, 3.8) is 0 Å². The highest BCUT2D eigenvalue weighted by atomic mass is 19.3. The fraction of sp³-hybridized carbons (Fsp3) is 0.125. The number of alkyl halides is 2. The Kier molecular flexibility index (Phi) is 8.07. The molecule has 9 heteroatoms. The van der Waals surface area contributed by atoms with Crippen molar-refractivity contribution in [1.82, 2.24) is 5.32 Å². The zero-order valence-electron chi connectivity index (χ0n) is 17.3. The molecule has 3 rings (SSSR count). The van der Waals surface area contributed by atoms with Crippen molar-refractivity contribution in [3.8, 4) is 16.9 Å². The summed E-state index contributed by atoms with van der Waals surface area (Å²) in [4.78, 5) is 36.0. The summed E-state index contributed by atoms with van der Waals surface area (Å²) >= 11 is 0. The molecule has 33 heavy (non-hydrogen) atoms. The summed E-state index contributed by atoms with van der Waals surface area (Å²) < 4.78 is 34.0. The number of rotatable bonds is 9. The zero-order chi connectivity index (χ0) is 23.6. The number of carbonyl (C=O) groups is 3. The summed E-state index contributed by atoms with van der Waals surface area (Å²) in [5.74, 6) is -2.29. The van der Waals surface area contributed by atoms with Crippen molar-refractivity contribution >= 4 is 23.5 Å². The molecule has 2 N–H and O–H groups in total. The van der Waals surface area contributed by atoms with E-state index in [4.69, 9.17) is 4.74 Å². The van der Waals surface area contributed by atoms with E-state index in [0.29, 0.717) is 5.56 Å². The maximum atomic E-state index is 12.4. The van der Waals surface area contributed by atoms with E-state index < -0.39 is 37.5 Å². The number of para-hydroxylation sites is 2. The molecule has 0 fully saturated rings. The minimum atomic E-state index is -3.06. The fourth-order valence-electron chi connectivity index (χ4n) is 2.85. The number of ether oxygens (including phenoxy) is 2. The molecule has 0 aliphatic carbocycles. The van der Waals surface area contributed by atoms with E-state index >= 15 is 0 Å². The Morgan fingerprint density at radius 1 is 0.818 bits per heavy atom. The molecule has 0 aliphatic rings. The van der Waals surface area contributed by atoms with Crippen LogP contribution in [0.25, 0.3) is 11.1 Å². The number of carbonyl (C=O) groups excluding carboxylic acids is 3. The number of esters is 1. The summed E-state index contributed by atoms with van der Waals surface area (Å²) in [5.41, 5.74) is 2.31. The van der Waals surface area contributed by atoms with Crippen LogP contribution in [-0.2, 0) is 14.3 Å². The Hall–Kier alpha value is -4.27. The van der Waals surface area contributed by atoms with E-state index in [-0.39, 0.29) is 11.4 Å². The van der Waals surface area contributed by atoms with Gasteiger partial charge in [-0.2, -0.15) is 8.78 Å². The minimum Gasteiger partial charge on any atom is -0.454 e. The van der Waals surface area contributed by atoms with Gasteiger partial charge in [0.05, 0.1) is 5.69 Å². The number of halogens is 2. The molecule has 7 nitrogen and oxygen atoms in total. The van der Waals surface area contributed by atoms with Crippen LogP contribution in [0.3, 0.4) is 0 Å². The highest BCUT2D eigenvalue weighted by molar-refractivity contribution is 5.97. The van der Waals surface area contributed by atoms with Gasteiger partial charge < -0.3 is 20.1 Å². The molecule has 0 radical (unpaired) electrons. The van der Waals surface area contributed by atoms with Gasteiger partial charge in [0, 0.05) is 5.56 Å². The molecule has 2 amide bonds. The minimum absolute atomic E-state index is 0.00565. The third-order valence-corrected chi connectivity index (χ3v) is 4.39. The van der Waals surface area contributed by atoms with Crippen molar-refractivity contribution in [2.45, 2.75) is 6.61 Å². The highest BCUT2D eigenvalue weighted by Gasteiger charge is 2.14. The fourth-order valence-corrected chi connectivity index (χ4v) is 2.85. The van der Waals surface area contributed by atoms with Gasteiger partial charge in [0.25, 0.3) is 11.8 Å². The number of anilines is 1. The molecule has 0 atom stereocenters. The van der Waals surface area contributed by atoms with Gasteiger partial charge in [-0.05, 0) is 35.4 Å². The lowest BCUT2D eigenvalue weighted by Crippen LogP contribution is -2.32. The van der Waals surface area contributed by atoms with E-state index in [0.717, 1.165) is 11.1 Å². The molecule has 0 unspecified atom stereocenters. The second-order valence-electron chi connectivity index (χ2n) is 6.71. The molecule has 0 bridgehead atoms. The first-order chi connectivity index (χ1) is 15.9. The molecule has 0 aromatic heterocycles. The third kappa shape index (κ3) is 7.13. The molecule has 0 aliphatic heterocycles. The molecular weight excluding hydrogens is 434 g/mol. The van der Waals surface area contributed by atoms with E-state index in [1.54, 1.807) is 24.3 Å². The summed E-state index contributed by atoms with van der Waals surface area (Å²) in [6.07, 6.45) is 0. The van der Waals surface area contributed by atoms with Crippen LogP contribution in [0.2, 0.25) is 0 Å². The average Bonchev–Trinajstić information content (AvgIpc) is 2.83. The van der Waals surface area contributed by atoms with Gasteiger partial charge in [-0.1, -0.05) is 54.6 Å². The topological polar surface area (TPSA) is 93.7 Å². The SMILES string of the molecule is O=C(COC(=O)CNC(=O)c1ccc(-c2ccccc2)cc1)Nc1ccccc1OC(F)F.